The number of rotatable bonds is 3. The van der Waals surface area contributed by atoms with Gasteiger partial charge in [-0.25, -0.2) is 0 Å². The number of halogens is 2. The van der Waals surface area contributed by atoms with E-state index < -0.39 is 0 Å². The first-order valence-electron chi connectivity index (χ1n) is 6.10. The molecule has 0 spiro atoms. The summed E-state index contributed by atoms with van der Waals surface area (Å²) in [4.78, 5) is 0. The van der Waals surface area contributed by atoms with Gasteiger partial charge in [0.25, 0.3) is 0 Å². The number of phenols is 2. The van der Waals surface area contributed by atoms with Gasteiger partial charge in [0.15, 0.2) is 11.5 Å². The van der Waals surface area contributed by atoms with E-state index in [4.69, 9.17) is 0 Å². The lowest BCUT2D eigenvalue weighted by Gasteiger charge is -2.28. The van der Waals surface area contributed by atoms with Crippen molar-refractivity contribution in [3.05, 3.63) is 23.3 Å². The summed E-state index contributed by atoms with van der Waals surface area (Å²) in [6, 6.07) is 3.93. The number of nitrogens with one attached hydrogen (secondary N) is 2. The second-order valence-electron chi connectivity index (χ2n) is 4.83. The van der Waals surface area contributed by atoms with E-state index in [0.717, 1.165) is 30.6 Å². The molecular weight excluding hydrogens is 287 g/mol. The fourth-order valence-electron chi connectivity index (χ4n) is 2.26. The number of hydrogen-bond donors (Lipinski definition) is 4. The summed E-state index contributed by atoms with van der Waals surface area (Å²) in [5.74, 6) is -0.0211. The molecule has 1 aromatic carbocycles. The van der Waals surface area contributed by atoms with E-state index in [-0.39, 0.29) is 42.4 Å². The molecule has 0 aliphatic carbocycles. The lowest BCUT2D eigenvalue weighted by atomic mass is 9.93. The van der Waals surface area contributed by atoms with Crippen LogP contribution in [0.1, 0.15) is 31.0 Å². The number of hydrogen-bond acceptors (Lipinski definition) is 4. The molecule has 1 aromatic rings. The Morgan fingerprint density at radius 1 is 1.32 bits per heavy atom. The molecule has 1 atom stereocenters. The first-order chi connectivity index (χ1) is 8.09. The molecule has 1 aliphatic rings. The normalized spacial score (nSPS) is 17.3. The van der Waals surface area contributed by atoms with Gasteiger partial charge in [-0.05, 0) is 24.6 Å². The fraction of sp³-hybridized carbons (Fsp3) is 0.538. The maximum atomic E-state index is 9.96. The van der Waals surface area contributed by atoms with Gasteiger partial charge in [-0.2, -0.15) is 0 Å². The van der Waals surface area contributed by atoms with Gasteiger partial charge in [-0.15, -0.1) is 24.8 Å². The lowest BCUT2D eigenvalue weighted by Crippen LogP contribution is -2.38. The molecule has 0 bridgehead atoms. The van der Waals surface area contributed by atoms with Crippen molar-refractivity contribution in [1.82, 2.24) is 10.6 Å². The zero-order valence-electron chi connectivity index (χ0n) is 11.1. The van der Waals surface area contributed by atoms with Crippen molar-refractivity contribution in [2.45, 2.75) is 32.4 Å². The predicted octanol–water partition coefficient (Wildman–Crippen LogP) is 2.13. The maximum Gasteiger partial charge on any atom is 0.162 e. The molecule has 0 amide bonds. The molecule has 1 heterocycles. The maximum absolute atomic E-state index is 9.96. The quantitative estimate of drug-likeness (QED) is 0.646. The van der Waals surface area contributed by atoms with Crippen molar-refractivity contribution in [3.8, 4) is 11.5 Å². The van der Waals surface area contributed by atoms with Crippen LogP contribution in [0.5, 0.6) is 11.5 Å². The Morgan fingerprint density at radius 2 is 2.00 bits per heavy atom. The van der Waals surface area contributed by atoms with Crippen LogP contribution in [0.15, 0.2) is 12.1 Å². The molecule has 6 heteroatoms. The SMILES string of the molecule is CC(C)NCC1NCCc2ccc(O)c(O)c21.Cl.Cl. The molecule has 0 fully saturated rings. The van der Waals surface area contributed by atoms with Crippen LogP contribution in [0.3, 0.4) is 0 Å². The minimum Gasteiger partial charge on any atom is -0.504 e. The molecule has 19 heavy (non-hydrogen) atoms. The van der Waals surface area contributed by atoms with Crippen LogP contribution in [0.25, 0.3) is 0 Å². The summed E-state index contributed by atoms with van der Waals surface area (Å²) in [7, 11) is 0. The second kappa shape index (κ2) is 7.80. The summed E-state index contributed by atoms with van der Waals surface area (Å²) >= 11 is 0. The van der Waals surface area contributed by atoms with Gasteiger partial charge in [0, 0.05) is 24.2 Å². The topological polar surface area (TPSA) is 64.5 Å². The molecule has 4 N–H and O–H groups in total. The average molecular weight is 309 g/mol. The van der Waals surface area contributed by atoms with Crippen molar-refractivity contribution in [2.75, 3.05) is 13.1 Å². The third kappa shape index (κ3) is 4.14. The van der Waals surface area contributed by atoms with Crippen molar-refractivity contribution < 1.29 is 10.2 Å². The van der Waals surface area contributed by atoms with Gasteiger partial charge in [-0.1, -0.05) is 19.9 Å². The highest BCUT2D eigenvalue weighted by Crippen LogP contribution is 2.37. The molecule has 110 valence electrons. The highest BCUT2D eigenvalue weighted by atomic mass is 35.5. The van der Waals surface area contributed by atoms with Gasteiger partial charge in [0.1, 0.15) is 0 Å². The zero-order chi connectivity index (χ0) is 12.4. The van der Waals surface area contributed by atoms with Crippen LogP contribution in [-0.2, 0) is 6.42 Å². The van der Waals surface area contributed by atoms with E-state index in [1.807, 2.05) is 6.07 Å². The highest BCUT2D eigenvalue weighted by Gasteiger charge is 2.24. The standard InChI is InChI=1S/C13H20N2O2.2ClH/c1-8(2)15-7-10-12-9(5-6-14-10)3-4-11(16)13(12)17;;/h3-4,8,10,14-17H,5-7H2,1-2H3;2*1H. The monoisotopic (exact) mass is 308 g/mol. The van der Waals surface area contributed by atoms with Gasteiger partial charge >= 0.3 is 0 Å². The van der Waals surface area contributed by atoms with Crippen LogP contribution in [0, 0.1) is 0 Å². The minimum absolute atomic E-state index is 0. The summed E-state index contributed by atoms with van der Waals surface area (Å²) in [6.07, 6.45) is 0.890. The Bertz CT molecular complexity index is 414. The molecule has 1 aliphatic heterocycles. The van der Waals surface area contributed by atoms with Crippen molar-refractivity contribution >= 4 is 24.8 Å². The van der Waals surface area contributed by atoms with E-state index in [1.54, 1.807) is 6.07 Å². The first-order valence-corrected chi connectivity index (χ1v) is 6.10. The van der Waals surface area contributed by atoms with Crippen LogP contribution in [-0.4, -0.2) is 29.3 Å². The highest BCUT2D eigenvalue weighted by molar-refractivity contribution is 5.85. The number of fused-ring (bicyclic) bond motifs is 1. The number of benzene rings is 1. The molecule has 0 saturated heterocycles. The molecule has 1 unspecified atom stereocenters. The third-order valence-electron chi connectivity index (χ3n) is 3.15. The van der Waals surface area contributed by atoms with E-state index in [2.05, 4.69) is 24.5 Å². The molecule has 0 saturated carbocycles. The Kier molecular flexibility index (Phi) is 7.52. The number of phenolic OH excluding ortho intramolecular Hbond substituents is 2. The zero-order valence-corrected chi connectivity index (χ0v) is 12.8. The first kappa shape index (κ1) is 18.3. The fourth-order valence-corrected chi connectivity index (χ4v) is 2.26. The van der Waals surface area contributed by atoms with E-state index in [9.17, 15) is 10.2 Å². The largest absolute Gasteiger partial charge is 0.504 e. The van der Waals surface area contributed by atoms with Crippen LogP contribution in [0.4, 0.5) is 0 Å². The van der Waals surface area contributed by atoms with Crippen LogP contribution in [0.2, 0.25) is 0 Å². The Morgan fingerprint density at radius 3 is 2.63 bits per heavy atom. The molecule has 0 aromatic heterocycles. The van der Waals surface area contributed by atoms with Gasteiger partial charge in [0.05, 0.1) is 0 Å². The van der Waals surface area contributed by atoms with Crippen molar-refractivity contribution in [2.24, 2.45) is 0 Å². The molecule has 2 rings (SSSR count). The van der Waals surface area contributed by atoms with Gasteiger partial charge in [-0.3, -0.25) is 0 Å². The molecule has 0 radical (unpaired) electrons. The molecular formula is C13H22Cl2N2O2. The van der Waals surface area contributed by atoms with E-state index >= 15 is 0 Å². The van der Waals surface area contributed by atoms with Crippen LogP contribution < -0.4 is 10.6 Å². The van der Waals surface area contributed by atoms with Crippen molar-refractivity contribution in [1.29, 1.82) is 0 Å². The van der Waals surface area contributed by atoms with Gasteiger partial charge < -0.3 is 20.8 Å². The Balaban J connectivity index is 0.00000162. The Hall–Kier alpha value is -0.680. The van der Waals surface area contributed by atoms with Crippen molar-refractivity contribution in [3.63, 3.8) is 0 Å². The summed E-state index contributed by atoms with van der Waals surface area (Å²) in [5, 5.41) is 26.2. The smallest absolute Gasteiger partial charge is 0.162 e. The summed E-state index contributed by atoms with van der Waals surface area (Å²) in [6.45, 7) is 5.83. The Labute approximate surface area is 126 Å². The minimum atomic E-state index is -0.0398. The third-order valence-corrected chi connectivity index (χ3v) is 3.15. The lowest BCUT2D eigenvalue weighted by molar-refractivity contribution is 0.377. The summed E-state index contributed by atoms with van der Waals surface area (Å²) < 4.78 is 0. The van der Waals surface area contributed by atoms with Crippen LogP contribution >= 0.6 is 24.8 Å². The predicted molar refractivity (Wildman–Crippen MR) is 81.9 cm³/mol. The summed E-state index contributed by atoms with van der Waals surface area (Å²) in [5.41, 5.74) is 1.96. The molecule has 4 nitrogen and oxygen atoms in total. The van der Waals surface area contributed by atoms with Gasteiger partial charge in [0.2, 0.25) is 0 Å². The number of aromatic hydroxyl groups is 2. The average Bonchev–Trinajstić information content (AvgIpc) is 2.31. The second-order valence-corrected chi connectivity index (χ2v) is 4.83. The van der Waals surface area contributed by atoms with E-state index in [0.29, 0.717) is 6.04 Å². The van der Waals surface area contributed by atoms with E-state index in [1.165, 1.54) is 0 Å².